The van der Waals surface area contributed by atoms with E-state index in [0.29, 0.717) is 36.9 Å². The summed E-state index contributed by atoms with van der Waals surface area (Å²) in [4.78, 5) is 32.9. The lowest BCUT2D eigenvalue weighted by Crippen LogP contribution is -2.48. The molecule has 1 aromatic heterocycles. The molecule has 1 saturated heterocycles. The highest BCUT2D eigenvalue weighted by Crippen LogP contribution is 2.17. The number of piperidine rings is 1. The Hall–Kier alpha value is -2.22. The van der Waals surface area contributed by atoms with Crippen molar-refractivity contribution in [3.63, 3.8) is 0 Å². The van der Waals surface area contributed by atoms with E-state index in [0.717, 1.165) is 4.90 Å². The van der Waals surface area contributed by atoms with E-state index in [1.807, 2.05) is 6.92 Å². The van der Waals surface area contributed by atoms with Crippen molar-refractivity contribution in [2.45, 2.75) is 32.4 Å². The molecule has 1 fully saturated rings. The molecule has 2 rings (SSSR count). The minimum absolute atomic E-state index is 0.169. The predicted octanol–water partition coefficient (Wildman–Crippen LogP) is 0.155. The zero-order valence-electron chi connectivity index (χ0n) is 12.1. The normalized spacial score (nSPS) is 19.0. The molecule has 0 aromatic carbocycles. The van der Waals surface area contributed by atoms with E-state index in [1.165, 1.54) is 7.05 Å². The lowest BCUT2D eigenvalue weighted by molar-refractivity contribution is -0.146. The summed E-state index contributed by atoms with van der Waals surface area (Å²) >= 11 is 0. The Morgan fingerprint density at radius 3 is 2.95 bits per heavy atom. The van der Waals surface area contributed by atoms with Gasteiger partial charge in [-0.05, 0) is 13.3 Å². The summed E-state index contributed by atoms with van der Waals surface area (Å²) in [5.41, 5.74) is 5.72. The van der Waals surface area contributed by atoms with Gasteiger partial charge in [0.15, 0.2) is 5.82 Å². The first-order chi connectivity index (χ1) is 10.0. The van der Waals surface area contributed by atoms with Crippen molar-refractivity contribution >= 4 is 23.5 Å². The second-order valence-electron chi connectivity index (χ2n) is 4.76. The number of carbonyl (C=O) groups excluding carboxylic acids is 2. The number of rotatable bonds is 5. The fourth-order valence-electron chi connectivity index (χ4n) is 2.08. The number of likely N-dealkylation sites (tertiary alicyclic amines) is 1. The number of aromatic nitrogens is 2. The fourth-order valence-corrected chi connectivity index (χ4v) is 2.08. The van der Waals surface area contributed by atoms with Crippen LogP contribution in [0.3, 0.4) is 0 Å². The monoisotopic (exact) mass is 293 g/mol. The van der Waals surface area contributed by atoms with E-state index >= 15 is 0 Å². The Kier molecular flexibility index (Phi) is 4.69. The standard InChI is InChI=1S/C13H19N5O3/c1-3-21-7-11-16-9(14)6-10(17-11)15-8-4-5-12(19)18(2)13(8)20/h6,8H,3-5,7H2,1-2H3,(H3,14,15,16,17). The molecule has 21 heavy (non-hydrogen) atoms. The summed E-state index contributed by atoms with van der Waals surface area (Å²) in [6, 6.07) is 1.07. The number of nitrogens with two attached hydrogens (primary N) is 1. The Balaban J connectivity index is 2.10. The van der Waals surface area contributed by atoms with Crippen LogP contribution in [-0.2, 0) is 20.9 Å². The summed E-state index contributed by atoms with van der Waals surface area (Å²) < 4.78 is 5.24. The van der Waals surface area contributed by atoms with E-state index in [1.54, 1.807) is 6.07 Å². The number of likely N-dealkylation sites (N-methyl/N-ethyl adjacent to an activating group) is 1. The van der Waals surface area contributed by atoms with Crippen LogP contribution in [0.15, 0.2) is 6.07 Å². The second-order valence-corrected chi connectivity index (χ2v) is 4.76. The topological polar surface area (TPSA) is 110 Å². The Morgan fingerprint density at radius 2 is 2.24 bits per heavy atom. The van der Waals surface area contributed by atoms with E-state index in [9.17, 15) is 9.59 Å². The first-order valence-corrected chi connectivity index (χ1v) is 6.79. The van der Waals surface area contributed by atoms with Crippen molar-refractivity contribution in [3.05, 3.63) is 11.9 Å². The molecule has 2 amide bonds. The van der Waals surface area contributed by atoms with Crippen LogP contribution >= 0.6 is 0 Å². The largest absolute Gasteiger partial charge is 0.384 e. The summed E-state index contributed by atoms with van der Waals surface area (Å²) in [6.45, 7) is 2.68. The highest BCUT2D eigenvalue weighted by Gasteiger charge is 2.31. The van der Waals surface area contributed by atoms with Gasteiger partial charge in [0.25, 0.3) is 5.91 Å². The molecule has 0 radical (unpaired) electrons. The van der Waals surface area contributed by atoms with Crippen molar-refractivity contribution in [2.75, 3.05) is 24.7 Å². The lowest BCUT2D eigenvalue weighted by Gasteiger charge is -2.28. The molecule has 1 atom stereocenters. The molecular formula is C13H19N5O3. The van der Waals surface area contributed by atoms with Crippen molar-refractivity contribution in [2.24, 2.45) is 0 Å². The molecule has 0 saturated carbocycles. The Bertz CT molecular complexity index is 549. The lowest BCUT2D eigenvalue weighted by atomic mass is 10.0. The quantitative estimate of drug-likeness (QED) is 0.744. The zero-order valence-corrected chi connectivity index (χ0v) is 12.1. The molecule has 8 heteroatoms. The first kappa shape index (κ1) is 15.2. The number of imide groups is 1. The van der Waals surface area contributed by atoms with Crippen LogP contribution in [0.4, 0.5) is 11.6 Å². The molecule has 8 nitrogen and oxygen atoms in total. The highest BCUT2D eigenvalue weighted by molar-refractivity contribution is 6.01. The van der Waals surface area contributed by atoms with Crippen LogP contribution in [0, 0.1) is 0 Å². The van der Waals surface area contributed by atoms with Crippen LogP contribution in [0.1, 0.15) is 25.6 Å². The number of hydrogen-bond acceptors (Lipinski definition) is 7. The average molecular weight is 293 g/mol. The number of amides is 2. The minimum Gasteiger partial charge on any atom is -0.384 e. The molecular weight excluding hydrogens is 274 g/mol. The number of carbonyl (C=O) groups is 2. The van der Waals surface area contributed by atoms with Gasteiger partial charge >= 0.3 is 0 Å². The SMILES string of the molecule is CCOCc1nc(N)cc(NC2CCC(=O)N(C)C2=O)n1. The molecule has 1 aliphatic rings. The van der Waals surface area contributed by atoms with E-state index in [-0.39, 0.29) is 18.4 Å². The molecule has 0 spiro atoms. The summed E-state index contributed by atoms with van der Waals surface area (Å²) in [5, 5.41) is 3.01. The summed E-state index contributed by atoms with van der Waals surface area (Å²) in [6.07, 6.45) is 0.763. The zero-order chi connectivity index (χ0) is 15.4. The first-order valence-electron chi connectivity index (χ1n) is 6.79. The third kappa shape index (κ3) is 3.66. The average Bonchev–Trinajstić information content (AvgIpc) is 2.45. The van der Waals surface area contributed by atoms with E-state index in [4.69, 9.17) is 10.5 Å². The van der Waals surface area contributed by atoms with Crippen molar-refractivity contribution in [1.29, 1.82) is 0 Å². The fraction of sp³-hybridized carbons (Fsp3) is 0.538. The number of hydrogen-bond donors (Lipinski definition) is 2. The molecule has 2 heterocycles. The van der Waals surface area contributed by atoms with E-state index in [2.05, 4.69) is 15.3 Å². The summed E-state index contributed by atoms with van der Waals surface area (Å²) in [5.74, 6) is 0.771. The Labute approximate surface area is 122 Å². The van der Waals surface area contributed by atoms with Crippen molar-refractivity contribution in [3.8, 4) is 0 Å². The molecule has 3 N–H and O–H groups in total. The van der Waals surface area contributed by atoms with Crippen LogP contribution in [0.25, 0.3) is 0 Å². The van der Waals surface area contributed by atoms with Gasteiger partial charge in [-0.2, -0.15) is 0 Å². The summed E-state index contributed by atoms with van der Waals surface area (Å²) in [7, 11) is 1.48. The third-order valence-electron chi connectivity index (χ3n) is 3.20. The van der Waals surface area contributed by atoms with Gasteiger partial charge in [-0.25, -0.2) is 9.97 Å². The van der Waals surface area contributed by atoms with Gasteiger partial charge in [-0.3, -0.25) is 14.5 Å². The van der Waals surface area contributed by atoms with Gasteiger partial charge in [-0.15, -0.1) is 0 Å². The van der Waals surface area contributed by atoms with Gasteiger partial charge in [0.2, 0.25) is 5.91 Å². The smallest absolute Gasteiger partial charge is 0.251 e. The van der Waals surface area contributed by atoms with Gasteiger partial charge in [0, 0.05) is 26.1 Å². The van der Waals surface area contributed by atoms with Crippen LogP contribution in [0.5, 0.6) is 0 Å². The second kappa shape index (κ2) is 6.49. The molecule has 1 aromatic rings. The maximum Gasteiger partial charge on any atom is 0.251 e. The number of anilines is 2. The maximum absolute atomic E-state index is 12.0. The number of ether oxygens (including phenoxy) is 1. The van der Waals surface area contributed by atoms with Crippen molar-refractivity contribution < 1.29 is 14.3 Å². The van der Waals surface area contributed by atoms with Crippen LogP contribution in [-0.4, -0.2) is 46.4 Å². The van der Waals surface area contributed by atoms with Gasteiger partial charge in [0.05, 0.1) is 0 Å². The highest BCUT2D eigenvalue weighted by atomic mass is 16.5. The molecule has 0 aliphatic carbocycles. The van der Waals surface area contributed by atoms with E-state index < -0.39 is 6.04 Å². The molecule has 114 valence electrons. The van der Waals surface area contributed by atoms with Gasteiger partial charge in [-0.1, -0.05) is 0 Å². The molecule has 1 unspecified atom stereocenters. The van der Waals surface area contributed by atoms with Crippen LogP contribution in [0.2, 0.25) is 0 Å². The number of nitrogens with zero attached hydrogens (tertiary/aromatic N) is 3. The molecule has 1 aliphatic heterocycles. The third-order valence-corrected chi connectivity index (χ3v) is 3.20. The minimum atomic E-state index is -0.484. The number of nitrogens with one attached hydrogen (secondary N) is 1. The Morgan fingerprint density at radius 1 is 1.48 bits per heavy atom. The van der Waals surface area contributed by atoms with Crippen LogP contribution < -0.4 is 11.1 Å². The van der Waals surface area contributed by atoms with Gasteiger partial charge < -0.3 is 15.8 Å². The van der Waals surface area contributed by atoms with Gasteiger partial charge in [0.1, 0.15) is 24.3 Å². The molecule has 0 bridgehead atoms. The van der Waals surface area contributed by atoms with Crippen molar-refractivity contribution in [1.82, 2.24) is 14.9 Å². The number of nitrogen functional groups attached to an aromatic ring is 1. The predicted molar refractivity (Wildman–Crippen MR) is 76.2 cm³/mol. The maximum atomic E-state index is 12.0.